The Kier molecular flexibility index (Phi) is 3.75. The third kappa shape index (κ3) is 2.16. The van der Waals surface area contributed by atoms with Gasteiger partial charge in [-0.25, -0.2) is 0 Å². The van der Waals surface area contributed by atoms with Crippen LogP contribution in [-0.4, -0.2) is 6.61 Å². The van der Waals surface area contributed by atoms with Crippen LogP contribution in [0.5, 0.6) is 5.75 Å². The highest BCUT2D eigenvalue weighted by Crippen LogP contribution is 2.30. The number of rotatable bonds is 4. The monoisotopic (exact) mass is 189 g/mol. The second-order valence-corrected chi connectivity index (χ2v) is 3.27. The van der Waals surface area contributed by atoms with E-state index in [2.05, 4.69) is 13.5 Å². The van der Waals surface area contributed by atoms with Crippen LogP contribution < -0.4 is 4.74 Å². The number of aryl methyl sites for hydroxylation is 1. The summed E-state index contributed by atoms with van der Waals surface area (Å²) in [5.41, 5.74) is 2.27. The largest absolute Gasteiger partial charge is 0.493 e. The smallest absolute Gasteiger partial charge is 0.125 e. The van der Waals surface area contributed by atoms with Crippen molar-refractivity contribution in [1.82, 2.24) is 0 Å². The van der Waals surface area contributed by atoms with Crippen LogP contribution >= 0.6 is 0 Å². The van der Waals surface area contributed by atoms with Crippen molar-refractivity contribution in [2.24, 2.45) is 0 Å². The Balaban J connectivity index is 3.13. The second-order valence-electron chi connectivity index (χ2n) is 3.27. The average Bonchev–Trinajstić information content (AvgIpc) is 2.20. The Bertz CT molecular complexity index is 315. The summed E-state index contributed by atoms with van der Waals surface area (Å²) in [7, 11) is 0. The predicted molar refractivity (Wildman–Crippen MR) is 60.6 cm³/mol. The lowest BCUT2D eigenvalue weighted by molar-refractivity contribution is 0.334. The molecule has 75 valence electrons. The van der Waals surface area contributed by atoms with E-state index in [-0.39, 0.29) is 5.92 Å². The molecule has 1 radical (unpaired) electrons. The summed E-state index contributed by atoms with van der Waals surface area (Å²) in [4.78, 5) is 0. The Labute approximate surface area is 86.4 Å². The van der Waals surface area contributed by atoms with Gasteiger partial charge in [-0.3, -0.25) is 0 Å². The Morgan fingerprint density at radius 3 is 2.79 bits per heavy atom. The molecule has 1 aromatic rings. The van der Waals surface area contributed by atoms with Crippen LogP contribution in [0, 0.1) is 13.8 Å². The van der Waals surface area contributed by atoms with Crippen molar-refractivity contribution < 1.29 is 4.74 Å². The summed E-state index contributed by atoms with van der Waals surface area (Å²) >= 11 is 0. The van der Waals surface area contributed by atoms with E-state index in [0.29, 0.717) is 6.61 Å². The first-order chi connectivity index (χ1) is 6.70. The Hall–Kier alpha value is -1.24. The second kappa shape index (κ2) is 4.85. The third-order valence-electron chi connectivity index (χ3n) is 2.22. The number of allylic oxidation sites excluding steroid dienone is 1. The predicted octanol–water partition coefficient (Wildman–Crippen LogP) is 3.50. The van der Waals surface area contributed by atoms with E-state index < -0.39 is 0 Å². The molecule has 1 atom stereocenters. The first-order valence-electron chi connectivity index (χ1n) is 4.88. The van der Waals surface area contributed by atoms with Crippen LogP contribution in [0.25, 0.3) is 0 Å². The normalized spacial score (nSPS) is 12.2. The van der Waals surface area contributed by atoms with E-state index in [0.717, 1.165) is 16.9 Å². The molecule has 14 heavy (non-hydrogen) atoms. The van der Waals surface area contributed by atoms with Crippen LogP contribution in [-0.2, 0) is 0 Å². The van der Waals surface area contributed by atoms with Crippen LogP contribution in [0.1, 0.15) is 24.0 Å². The van der Waals surface area contributed by atoms with E-state index in [1.807, 2.05) is 38.1 Å². The maximum absolute atomic E-state index is 5.60. The zero-order valence-electron chi connectivity index (χ0n) is 8.92. The zero-order valence-corrected chi connectivity index (χ0v) is 8.92. The lowest BCUT2D eigenvalue weighted by Crippen LogP contribution is -2.00. The minimum atomic E-state index is 0.0939. The van der Waals surface area contributed by atoms with Crippen molar-refractivity contribution in [2.75, 3.05) is 6.61 Å². The molecule has 0 spiro atoms. The van der Waals surface area contributed by atoms with E-state index in [9.17, 15) is 0 Å². The third-order valence-corrected chi connectivity index (χ3v) is 2.22. The fourth-order valence-corrected chi connectivity index (χ4v) is 1.44. The summed E-state index contributed by atoms with van der Waals surface area (Å²) in [5, 5.41) is 0. The SMILES string of the molecule is [CH2]C(C=C)c1cccc(C)c1OCC. The van der Waals surface area contributed by atoms with Crippen molar-refractivity contribution in [3.8, 4) is 5.75 Å². The van der Waals surface area contributed by atoms with Crippen LogP contribution in [0.15, 0.2) is 30.9 Å². The molecular weight excluding hydrogens is 172 g/mol. The van der Waals surface area contributed by atoms with Crippen molar-refractivity contribution in [1.29, 1.82) is 0 Å². The van der Waals surface area contributed by atoms with Gasteiger partial charge in [0.15, 0.2) is 0 Å². The molecule has 0 aromatic heterocycles. The molecule has 0 amide bonds. The van der Waals surface area contributed by atoms with Gasteiger partial charge >= 0.3 is 0 Å². The minimum absolute atomic E-state index is 0.0939. The van der Waals surface area contributed by atoms with Crippen LogP contribution in [0.4, 0.5) is 0 Å². The fourth-order valence-electron chi connectivity index (χ4n) is 1.44. The molecule has 1 rings (SSSR count). The van der Waals surface area contributed by atoms with E-state index in [4.69, 9.17) is 4.74 Å². The average molecular weight is 189 g/mol. The summed E-state index contributed by atoms with van der Waals surface area (Å²) < 4.78 is 5.60. The van der Waals surface area contributed by atoms with E-state index in [1.54, 1.807) is 0 Å². The molecule has 0 aliphatic carbocycles. The fraction of sp³-hybridized carbons (Fsp3) is 0.308. The molecule has 0 bridgehead atoms. The van der Waals surface area contributed by atoms with Crippen molar-refractivity contribution in [2.45, 2.75) is 19.8 Å². The quantitative estimate of drug-likeness (QED) is 0.659. The molecule has 0 heterocycles. The molecule has 1 heteroatoms. The number of benzene rings is 1. The maximum Gasteiger partial charge on any atom is 0.125 e. The lowest BCUT2D eigenvalue weighted by atomic mass is 9.98. The summed E-state index contributed by atoms with van der Waals surface area (Å²) in [6.45, 7) is 12.5. The molecule has 0 saturated heterocycles. The summed E-state index contributed by atoms with van der Waals surface area (Å²) in [6.07, 6.45) is 1.83. The van der Waals surface area contributed by atoms with Gasteiger partial charge in [-0.2, -0.15) is 0 Å². The standard InChI is InChI=1S/C13H17O/c1-5-10(3)12-9-7-8-11(4)13(12)14-6-2/h5,7-10H,1,3,6H2,2,4H3. The van der Waals surface area contributed by atoms with Gasteiger partial charge in [0.1, 0.15) is 5.75 Å². The van der Waals surface area contributed by atoms with Crippen molar-refractivity contribution in [3.05, 3.63) is 48.9 Å². The molecule has 0 saturated carbocycles. The minimum Gasteiger partial charge on any atom is -0.493 e. The maximum atomic E-state index is 5.60. The molecule has 0 fully saturated rings. The Morgan fingerprint density at radius 1 is 1.50 bits per heavy atom. The molecule has 0 N–H and O–H groups in total. The molecule has 1 unspecified atom stereocenters. The number of hydrogen-bond acceptors (Lipinski definition) is 1. The van der Waals surface area contributed by atoms with E-state index in [1.165, 1.54) is 0 Å². The van der Waals surface area contributed by atoms with Gasteiger partial charge in [0.25, 0.3) is 0 Å². The topological polar surface area (TPSA) is 9.23 Å². The van der Waals surface area contributed by atoms with Gasteiger partial charge in [-0.15, -0.1) is 6.58 Å². The van der Waals surface area contributed by atoms with Crippen LogP contribution in [0.2, 0.25) is 0 Å². The molecule has 1 nitrogen and oxygen atoms in total. The first kappa shape index (κ1) is 10.8. The highest BCUT2D eigenvalue weighted by molar-refractivity contribution is 5.44. The van der Waals surface area contributed by atoms with Gasteiger partial charge in [0, 0.05) is 11.5 Å². The Morgan fingerprint density at radius 2 is 2.21 bits per heavy atom. The zero-order chi connectivity index (χ0) is 10.6. The summed E-state index contributed by atoms with van der Waals surface area (Å²) in [6, 6.07) is 6.11. The molecule has 0 aliphatic heterocycles. The van der Waals surface area contributed by atoms with Crippen molar-refractivity contribution in [3.63, 3.8) is 0 Å². The van der Waals surface area contributed by atoms with Gasteiger partial charge in [0.2, 0.25) is 0 Å². The van der Waals surface area contributed by atoms with Crippen molar-refractivity contribution >= 4 is 0 Å². The molecule has 1 aromatic carbocycles. The molecular formula is C13H17O. The highest BCUT2D eigenvalue weighted by atomic mass is 16.5. The molecule has 0 aliphatic rings. The lowest BCUT2D eigenvalue weighted by Gasteiger charge is -2.15. The summed E-state index contributed by atoms with van der Waals surface area (Å²) in [5.74, 6) is 1.05. The number of ether oxygens (including phenoxy) is 1. The number of hydrogen-bond donors (Lipinski definition) is 0. The van der Waals surface area contributed by atoms with Crippen LogP contribution in [0.3, 0.4) is 0 Å². The highest BCUT2D eigenvalue weighted by Gasteiger charge is 2.10. The van der Waals surface area contributed by atoms with Gasteiger partial charge in [-0.05, 0) is 26.3 Å². The van der Waals surface area contributed by atoms with E-state index >= 15 is 0 Å². The number of para-hydroxylation sites is 1. The first-order valence-corrected chi connectivity index (χ1v) is 4.88. The van der Waals surface area contributed by atoms with Gasteiger partial charge in [-0.1, -0.05) is 24.3 Å². The van der Waals surface area contributed by atoms with Gasteiger partial charge < -0.3 is 4.74 Å². The van der Waals surface area contributed by atoms with Gasteiger partial charge in [0.05, 0.1) is 6.61 Å².